The van der Waals surface area contributed by atoms with Crippen molar-refractivity contribution in [3.8, 4) is 6.07 Å². The molecule has 0 spiro atoms. The van der Waals surface area contributed by atoms with Crippen LogP contribution in [0.5, 0.6) is 0 Å². The molecule has 1 aliphatic carbocycles. The van der Waals surface area contributed by atoms with E-state index in [0.717, 1.165) is 18.4 Å². The van der Waals surface area contributed by atoms with Crippen molar-refractivity contribution in [3.63, 3.8) is 0 Å². The lowest BCUT2D eigenvalue weighted by molar-refractivity contribution is 0.209. The number of para-hydroxylation sites is 1. The van der Waals surface area contributed by atoms with Crippen LogP contribution >= 0.6 is 0 Å². The summed E-state index contributed by atoms with van der Waals surface area (Å²) in [5, 5.41) is 19.9. The average Bonchev–Trinajstić information content (AvgIpc) is 3.01. The fourth-order valence-corrected chi connectivity index (χ4v) is 1.64. The Hall–Kier alpha value is -2.02. The van der Waals surface area contributed by atoms with Gasteiger partial charge in [0.15, 0.2) is 0 Å². The molecule has 1 saturated carbocycles. The van der Waals surface area contributed by atoms with Crippen molar-refractivity contribution in [1.82, 2.24) is 0 Å². The van der Waals surface area contributed by atoms with Crippen LogP contribution in [0.1, 0.15) is 29.9 Å². The Morgan fingerprint density at radius 1 is 1.53 bits per heavy atom. The zero-order valence-corrected chi connectivity index (χ0v) is 8.03. The van der Waals surface area contributed by atoms with Gasteiger partial charge in [0.05, 0.1) is 11.3 Å². The average molecular weight is 202 g/mol. The van der Waals surface area contributed by atoms with E-state index in [2.05, 4.69) is 5.32 Å². The highest BCUT2D eigenvalue weighted by atomic mass is 16.4. The maximum Gasteiger partial charge on any atom is 0.409 e. The molecule has 15 heavy (non-hydrogen) atoms. The van der Waals surface area contributed by atoms with E-state index in [1.807, 2.05) is 12.1 Å². The fraction of sp³-hybridized carbons (Fsp3) is 0.273. The van der Waals surface area contributed by atoms with Crippen molar-refractivity contribution in [2.24, 2.45) is 0 Å². The molecule has 0 unspecified atom stereocenters. The maximum absolute atomic E-state index is 10.6. The summed E-state index contributed by atoms with van der Waals surface area (Å²) in [7, 11) is 0. The first-order valence-electron chi connectivity index (χ1n) is 4.75. The van der Waals surface area contributed by atoms with Crippen LogP contribution in [0, 0.1) is 11.3 Å². The SMILES string of the molecule is N#Cc1cccc(C2CC2)c1NC(=O)O. The predicted octanol–water partition coefficient (Wildman–Crippen LogP) is 2.53. The summed E-state index contributed by atoms with van der Waals surface area (Å²) < 4.78 is 0. The Kier molecular flexibility index (Phi) is 2.30. The molecule has 2 rings (SSSR count). The second-order valence-electron chi connectivity index (χ2n) is 3.59. The molecular formula is C11H10N2O2. The minimum absolute atomic E-state index is 0.391. The molecule has 4 heteroatoms. The van der Waals surface area contributed by atoms with Crippen LogP contribution in [0.25, 0.3) is 0 Å². The van der Waals surface area contributed by atoms with Crippen LogP contribution in [-0.4, -0.2) is 11.2 Å². The van der Waals surface area contributed by atoms with E-state index < -0.39 is 6.09 Å². The molecule has 1 aromatic rings. The number of nitrogens with zero attached hydrogens (tertiary/aromatic N) is 1. The van der Waals surface area contributed by atoms with Gasteiger partial charge in [-0.3, -0.25) is 5.32 Å². The lowest BCUT2D eigenvalue weighted by Crippen LogP contribution is -2.10. The third-order valence-electron chi connectivity index (χ3n) is 2.47. The Bertz CT molecular complexity index is 444. The molecule has 1 aromatic carbocycles. The standard InChI is InChI=1S/C11H10N2O2/c12-6-8-2-1-3-9(7-4-5-7)10(8)13-11(14)15/h1-3,7,13H,4-5H2,(H,14,15). The molecule has 0 radical (unpaired) electrons. The maximum atomic E-state index is 10.6. The van der Waals surface area contributed by atoms with Gasteiger partial charge in [-0.25, -0.2) is 4.79 Å². The quantitative estimate of drug-likeness (QED) is 0.773. The predicted molar refractivity (Wildman–Crippen MR) is 54.8 cm³/mol. The molecule has 4 nitrogen and oxygen atoms in total. The van der Waals surface area contributed by atoms with Gasteiger partial charge >= 0.3 is 6.09 Å². The van der Waals surface area contributed by atoms with Crippen LogP contribution in [-0.2, 0) is 0 Å². The van der Waals surface area contributed by atoms with Gasteiger partial charge in [-0.05, 0) is 30.4 Å². The molecule has 1 amide bonds. The van der Waals surface area contributed by atoms with Crippen LogP contribution < -0.4 is 5.32 Å². The van der Waals surface area contributed by atoms with Crippen molar-refractivity contribution in [1.29, 1.82) is 5.26 Å². The van der Waals surface area contributed by atoms with Gasteiger partial charge in [-0.15, -0.1) is 0 Å². The van der Waals surface area contributed by atoms with Gasteiger partial charge in [0, 0.05) is 0 Å². The summed E-state index contributed by atoms with van der Waals surface area (Å²) in [6.45, 7) is 0. The van der Waals surface area contributed by atoms with Crippen molar-refractivity contribution >= 4 is 11.8 Å². The Labute approximate surface area is 87.1 Å². The number of anilines is 1. The topological polar surface area (TPSA) is 73.1 Å². The third kappa shape index (κ3) is 1.91. The van der Waals surface area contributed by atoms with E-state index in [-0.39, 0.29) is 0 Å². The number of hydrogen-bond donors (Lipinski definition) is 2. The minimum atomic E-state index is -1.13. The van der Waals surface area contributed by atoms with E-state index in [0.29, 0.717) is 17.2 Å². The number of carbonyl (C=O) groups is 1. The lowest BCUT2D eigenvalue weighted by atomic mass is 10.0. The summed E-state index contributed by atoms with van der Waals surface area (Å²) in [4.78, 5) is 10.6. The number of amides is 1. The molecule has 0 aliphatic heterocycles. The second kappa shape index (κ2) is 3.62. The van der Waals surface area contributed by atoms with Crippen LogP contribution in [0.15, 0.2) is 18.2 Å². The van der Waals surface area contributed by atoms with Gasteiger partial charge in [-0.1, -0.05) is 12.1 Å². The first-order chi connectivity index (χ1) is 7.22. The van der Waals surface area contributed by atoms with Gasteiger partial charge in [-0.2, -0.15) is 5.26 Å². The van der Waals surface area contributed by atoms with Gasteiger partial charge in [0.2, 0.25) is 0 Å². The molecule has 1 fully saturated rings. The number of nitriles is 1. The first-order valence-corrected chi connectivity index (χ1v) is 4.75. The van der Waals surface area contributed by atoms with Crippen molar-refractivity contribution < 1.29 is 9.90 Å². The molecule has 0 aromatic heterocycles. The third-order valence-corrected chi connectivity index (χ3v) is 2.47. The fourth-order valence-electron chi connectivity index (χ4n) is 1.64. The van der Waals surface area contributed by atoms with Gasteiger partial charge in [0.25, 0.3) is 0 Å². The van der Waals surface area contributed by atoms with Crippen LogP contribution in [0.3, 0.4) is 0 Å². The largest absolute Gasteiger partial charge is 0.465 e. The number of nitrogens with one attached hydrogen (secondary N) is 1. The van der Waals surface area contributed by atoms with E-state index in [1.165, 1.54) is 0 Å². The van der Waals surface area contributed by atoms with E-state index in [1.54, 1.807) is 12.1 Å². The van der Waals surface area contributed by atoms with Crippen LogP contribution in [0.4, 0.5) is 10.5 Å². The van der Waals surface area contributed by atoms with E-state index >= 15 is 0 Å². The summed E-state index contributed by atoms with van der Waals surface area (Å²) >= 11 is 0. The second-order valence-corrected chi connectivity index (χ2v) is 3.59. The Morgan fingerprint density at radius 2 is 2.27 bits per heavy atom. The van der Waals surface area contributed by atoms with E-state index in [4.69, 9.17) is 10.4 Å². The van der Waals surface area contributed by atoms with E-state index in [9.17, 15) is 4.79 Å². The summed E-state index contributed by atoms with van der Waals surface area (Å²) in [6, 6.07) is 7.29. The minimum Gasteiger partial charge on any atom is -0.465 e. The highest BCUT2D eigenvalue weighted by molar-refractivity contribution is 5.86. The monoisotopic (exact) mass is 202 g/mol. The molecule has 76 valence electrons. The van der Waals surface area contributed by atoms with Crippen molar-refractivity contribution in [3.05, 3.63) is 29.3 Å². The number of hydrogen-bond acceptors (Lipinski definition) is 2. The number of benzene rings is 1. The molecule has 1 aliphatic rings. The zero-order chi connectivity index (χ0) is 10.8. The molecule has 0 heterocycles. The molecule has 2 N–H and O–H groups in total. The normalized spacial score (nSPS) is 14.3. The molecule has 0 bridgehead atoms. The Balaban J connectivity index is 2.45. The van der Waals surface area contributed by atoms with Crippen molar-refractivity contribution in [2.75, 3.05) is 5.32 Å². The van der Waals surface area contributed by atoms with Gasteiger partial charge < -0.3 is 5.11 Å². The highest BCUT2D eigenvalue weighted by Crippen LogP contribution is 2.44. The van der Waals surface area contributed by atoms with Crippen molar-refractivity contribution in [2.45, 2.75) is 18.8 Å². The smallest absolute Gasteiger partial charge is 0.409 e. The molecule has 0 atom stereocenters. The van der Waals surface area contributed by atoms with Crippen LogP contribution in [0.2, 0.25) is 0 Å². The Morgan fingerprint density at radius 3 is 2.80 bits per heavy atom. The zero-order valence-electron chi connectivity index (χ0n) is 8.03. The highest BCUT2D eigenvalue weighted by Gasteiger charge is 2.27. The summed E-state index contributed by atoms with van der Waals surface area (Å²) in [6.07, 6.45) is 1.02. The number of carboxylic acid groups (broad SMARTS) is 1. The lowest BCUT2D eigenvalue weighted by Gasteiger charge is -2.09. The summed E-state index contributed by atoms with van der Waals surface area (Å²) in [5.41, 5.74) is 1.79. The molecule has 0 saturated heterocycles. The summed E-state index contributed by atoms with van der Waals surface area (Å²) in [5.74, 6) is 0.417. The number of rotatable bonds is 2. The first kappa shape index (κ1) is 9.53. The van der Waals surface area contributed by atoms with Gasteiger partial charge in [0.1, 0.15) is 6.07 Å². The molecular weight excluding hydrogens is 192 g/mol.